The van der Waals surface area contributed by atoms with Gasteiger partial charge in [-0.2, -0.15) is 5.10 Å². The third-order valence-electron chi connectivity index (χ3n) is 6.34. The molecule has 2 aliphatic rings. The first-order chi connectivity index (χ1) is 16.2. The van der Waals surface area contributed by atoms with Gasteiger partial charge in [-0.3, -0.25) is 15.4 Å². The molecule has 33 heavy (non-hydrogen) atoms. The molecule has 3 amide bonds. The van der Waals surface area contributed by atoms with Crippen molar-refractivity contribution < 1.29 is 9.59 Å². The summed E-state index contributed by atoms with van der Waals surface area (Å²) >= 11 is 0. The average molecular weight is 445 g/mol. The van der Waals surface area contributed by atoms with Gasteiger partial charge in [-0.15, -0.1) is 0 Å². The van der Waals surface area contributed by atoms with Crippen LogP contribution in [0.5, 0.6) is 0 Å². The van der Waals surface area contributed by atoms with Gasteiger partial charge in [0.15, 0.2) is 6.29 Å². The second-order valence-electron chi connectivity index (χ2n) is 8.56. The van der Waals surface area contributed by atoms with Gasteiger partial charge >= 0.3 is 6.03 Å². The van der Waals surface area contributed by atoms with Gasteiger partial charge in [0.2, 0.25) is 5.91 Å². The molecule has 8 nitrogen and oxygen atoms in total. The zero-order chi connectivity index (χ0) is 22.6. The van der Waals surface area contributed by atoms with Crippen LogP contribution in [0.25, 0.3) is 11.3 Å². The van der Waals surface area contributed by atoms with Crippen molar-refractivity contribution in [3.05, 3.63) is 72.3 Å². The molecule has 3 aromatic rings. The molecule has 2 aromatic carbocycles. The molecule has 0 bridgehead atoms. The number of carbonyl (C=O) groups excluding carboxylic acids is 2. The fourth-order valence-electron chi connectivity index (χ4n) is 4.65. The van der Waals surface area contributed by atoms with Crippen molar-refractivity contribution in [3.8, 4) is 11.3 Å². The number of aromatic nitrogens is 2. The third-order valence-corrected chi connectivity index (χ3v) is 6.34. The van der Waals surface area contributed by atoms with E-state index in [2.05, 4.69) is 21.3 Å². The van der Waals surface area contributed by atoms with Crippen molar-refractivity contribution in [2.75, 3.05) is 11.9 Å². The van der Waals surface area contributed by atoms with E-state index in [0.29, 0.717) is 12.4 Å². The summed E-state index contributed by atoms with van der Waals surface area (Å²) in [5, 5.41) is 17.1. The highest BCUT2D eigenvalue weighted by Crippen LogP contribution is 2.31. The number of carbonyl (C=O) groups is 2. The normalized spacial score (nSPS) is 21.8. The van der Waals surface area contributed by atoms with E-state index in [1.54, 1.807) is 4.68 Å². The van der Waals surface area contributed by atoms with Crippen molar-refractivity contribution in [3.63, 3.8) is 0 Å². The van der Waals surface area contributed by atoms with Gasteiger partial charge in [-0.1, -0.05) is 67.1 Å². The Hall–Kier alpha value is -3.65. The molecule has 0 radical (unpaired) electrons. The monoisotopic (exact) mass is 444 g/mol. The topological polar surface area (TPSA) is 100 Å². The van der Waals surface area contributed by atoms with Crippen LogP contribution in [0.3, 0.4) is 0 Å². The van der Waals surface area contributed by atoms with Crippen LogP contribution in [0.4, 0.5) is 10.6 Å². The molecule has 5 rings (SSSR count). The SMILES string of the molecule is O=C(NCCc1ccccc1)Nc1cc(-c2ccccc2)nn1C1NC(=O)C2CCCC2N1. The van der Waals surface area contributed by atoms with Crippen LogP contribution in [0.15, 0.2) is 66.7 Å². The van der Waals surface area contributed by atoms with Gasteiger partial charge in [0.1, 0.15) is 5.82 Å². The lowest BCUT2D eigenvalue weighted by Gasteiger charge is -2.34. The summed E-state index contributed by atoms with van der Waals surface area (Å²) < 4.78 is 1.66. The summed E-state index contributed by atoms with van der Waals surface area (Å²) in [6.45, 7) is 0.512. The van der Waals surface area contributed by atoms with Crippen LogP contribution < -0.4 is 21.3 Å². The molecule has 1 saturated carbocycles. The summed E-state index contributed by atoms with van der Waals surface area (Å²) in [6.07, 6.45) is 3.12. The highest BCUT2D eigenvalue weighted by Gasteiger charge is 2.40. The molecule has 1 aromatic heterocycles. The lowest BCUT2D eigenvalue weighted by Crippen LogP contribution is -2.57. The lowest BCUT2D eigenvalue weighted by molar-refractivity contribution is -0.130. The molecular weight excluding hydrogens is 416 g/mol. The second-order valence-corrected chi connectivity index (χ2v) is 8.56. The van der Waals surface area contributed by atoms with Gasteiger partial charge in [-0.05, 0) is 24.8 Å². The summed E-state index contributed by atoms with van der Waals surface area (Å²) in [4.78, 5) is 25.3. The summed E-state index contributed by atoms with van der Waals surface area (Å²) in [6, 6.07) is 21.4. The molecule has 3 atom stereocenters. The fraction of sp³-hybridized carbons (Fsp3) is 0.320. The maximum Gasteiger partial charge on any atom is 0.320 e. The van der Waals surface area contributed by atoms with E-state index in [0.717, 1.165) is 42.5 Å². The standard InChI is InChI=1S/C25H28N6O2/c32-23-19-12-7-13-20(19)27-24(29-23)31-22(16-21(30-31)18-10-5-2-6-11-18)28-25(33)26-15-14-17-8-3-1-4-9-17/h1-6,8-11,16,19-20,24,27H,7,12-15H2,(H,29,32)(H2,26,28,33). The van der Waals surface area contributed by atoms with E-state index in [9.17, 15) is 9.59 Å². The molecule has 170 valence electrons. The van der Waals surface area contributed by atoms with Crippen molar-refractivity contribution >= 4 is 17.8 Å². The molecule has 0 spiro atoms. The predicted molar refractivity (Wildman–Crippen MR) is 126 cm³/mol. The van der Waals surface area contributed by atoms with Gasteiger partial charge < -0.3 is 10.6 Å². The highest BCUT2D eigenvalue weighted by atomic mass is 16.2. The number of nitrogens with zero attached hydrogens (tertiary/aromatic N) is 2. The molecule has 1 aliphatic carbocycles. The largest absolute Gasteiger partial charge is 0.337 e. The number of benzene rings is 2. The molecule has 1 saturated heterocycles. The predicted octanol–water partition coefficient (Wildman–Crippen LogP) is 3.26. The van der Waals surface area contributed by atoms with E-state index < -0.39 is 6.29 Å². The van der Waals surface area contributed by atoms with E-state index in [1.807, 2.05) is 66.7 Å². The number of hydrogen-bond donors (Lipinski definition) is 4. The molecule has 2 heterocycles. The van der Waals surface area contributed by atoms with Crippen LogP contribution in [0.2, 0.25) is 0 Å². The average Bonchev–Trinajstić information content (AvgIpc) is 3.48. The molecule has 1 aliphatic heterocycles. The number of nitrogens with one attached hydrogen (secondary N) is 4. The van der Waals surface area contributed by atoms with Crippen LogP contribution >= 0.6 is 0 Å². The summed E-state index contributed by atoms with van der Waals surface area (Å²) in [7, 11) is 0. The second kappa shape index (κ2) is 9.46. The van der Waals surface area contributed by atoms with Gasteiger partial charge in [-0.25, -0.2) is 9.48 Å². The first-order valence-corrected chi connectivity index (χ1v) is 11.5. The third kappa shape index (κ3) is 4.75. The van der Waals surface area contributed by atoms with Crippen LogP contribution in [-0.4, -0.2) is 34.3 Å². The van der Waals surface area contributed by atoms with Crippen molar-refractivity contribution in [1.29, 1.82) is 0 Å². The van der Waals surface area contributed by atoms with Crippen LogP contribution in [0.1, 0.15) is 31.1 Å². The summed E-state index contributed by atoms with van der Waals surface area (Å²) in [5.41, 5.74) is 2.82. The van der Waals surface area contributed by atoms with Crippen molar-refractivity contribution in [1.82, 2.24) is 25.7 Å². The minimum atomic E-state index is -0.520. The first kappa shape index (κ1) is 21.2. The Balaban J connectivity index is 1.33. The number of anilines is 1. The van der Waals surface area contributed by atoms with E-state index in [-0.39, 0.29) is 23.9 Å². The lowest BCUT2D eigenvalue weighted by atomic mass is 10.0. The fourth-order valence-corrected chi connectivity index (χ4v) is 4.65. The first-order valence-electron chi connectivity index (χ1n) is 11.5. The van der Waals surface area contributed by atoms with Gasteiger partial charge in [0, 0.05) is 24.2 Å². The number of hydrogen-bond acceptors (Lipinski definition) is 4. The number of rotatable bonds is 6. The highest BCUT2D eigenvalue weighted by molar-refractivity contribution is 5.89. The van der Waals surface area contributed by atoms with Crippen molar-refractivity contribution in [2.45, 2.75) is 38.0 Å². The van der Waals surface area contributed by atoms with E-state index >= 15 is 0 Å². The Bertz CT molecular complexity index is 1110. The zero-order valence-electron chi connectivity index (χ0n) is 18.3. The number of amides is 3. The molecule has 8 heteroatoms. The minimum Gasteiger partial charge on any atom is -0.337 e. The Morgan fingerprint density at radius 1 is 1.06 bits per heavy atom. The molecular formula is C25H28N6O2. The minimum absolute atomic E-state index is 0.00287. The van der Waals surface area contributed by atoms with E-state index in [1.165, 1.54) is 0 Å². The maximum absolute atomic E-state index is 12.7. The molecule has 4 N–H and O–H groups in total. The van der Waals surface area contributed by atoms with Crippen molar-refractivity contribution in [2.24, 2.45) is 5.92 Å². The Labute approximate surface area is 192 Å². The quantitative estimate of drug-likeness (QED) is 0.469. The Morgan fingerprint density at radius 3 is 2.61 bits per heavy atom. The summed E-state index contributed by atoms with van der Waals surface area (Å²) in [5.74, 6) is 0.555. The maximum atomic E-state index is 12.7. The number of fused-ring (bicyclic) bond motifs is 1. The van der Waals surface area contributed by atoms with Crippen LogP contribution in [0, 0.1) is 5.92 Å². The molecule has 2 fully saturated rings. The van der Waals surface area contributed by atoms with E-state index in [4.69, 9.17) is 5.10 Å². The van der Waals surface area contributed by atoms with Crippen LogP contribution in [-0.2, 0) is 11.2 Å². The Morgan fingerprint density at radius 2 is 1.82 bits per heavy atom. The zero-order valence-corrected chi connectivity index (χ0v) is 18.3. The smallest absolute Gasteiger partial charge is 0.320 e. The Kier molecular flexibility index (Phi) is 6.08. The van der Waals surface area contributed by atoms with Gasteiger partial charge in [0.25, 0.3) is 0 Å². The number of urea groups is 1. The van der Waals surface area contributed by atoms with Gasteiger partial charge in [0.05, 0.1) is 11.6 Å². The molecule has 3 unspecified atom stereocenters.